The number of anilines is 8. The van der Waals surface area contributed by atoms with Gasteiger partial charge in [-0.05, 0) is 202 Å². The van der Waals surface area contributed by atoms with E-state index in [9.17, 15) is 0 Å². The lowest BCUT2D eigenvalue weighted by molar-refractivity contribution is 0.195. The van der Waals surface area contributed by atoms with E-state index in [4.69, 9.17) is 4.42 Å². The molecule has 76 heavy (non-hydrogen) atoms. The Morgan fingerprint density at radius 2 is 1.03 bits per heavy atom. The van der Waals surface area contributed by atoms with Crippen LogP contribution in [0.25, 0.3) is 21.9 Å². The molecule has 1 saturated carbocycles. The van der Waals surface area contributed by atoms with Gasteiger partial charge >= 0.3 is 0 Å². The van der Waals surface area contributed by atoms with Crippen molar-refractivity contribution in [3.05, 3.63) is 160 Å². The topological polar surface area (TPSA) is 22.9 Å². The Morgan fingerprint density at radius 1 is 0.447 bits per heavy atom. The van der Waals surface area contributed by atoms with Crippen LogP contribution in [-0.2, 0) is 32.5 Å². The molecule has 0 amide bonds. The molecule has 4 heterocycles. The molecule has 1 fully saturated rings. The van der Waals surface area contributed by atoms with Gasteiger partial charge < -0.3 is 19.1 Å². The van der Waals surface area contributed by atoms with Crippen molar-refractivity contribution in [1.29, 1.82) is 0 Å². The number of aryl methyl sites for hydroxylation is 1. The molecule has 6 aliphatic rings. The van der Waals surface area contributed by atoms with E-state index in [0.29, 0.717) is 0 Å². The summed E-state index contributed by atoms with van der Waals surface area (Å²) in [4.78, 5) is 8.12. The maximum absolute atomic E-state index is 6.77. The van der Waals surface area contributed by atoms with Gasteiger partial charge in [-0.3, -0.25) is 0 Å². The second-order valence-corrected chi connectivity index (χ2v) is 28.7. The van der Waals surface area contributed by atoms with Gasteiger partial charge in [0.2, 0.25) is 0 Å². The fourth-order valence-electron chi connectivity index (χ4n) is 16.0. The normalized spacial score (nSPS) is 23.1. The lowest BCUT2D eigenvalue weighted by Crippen LogP contribution is -2.62. The number of fused-ring (bicyclic) bond motifs is 12. The molecule has 386 valence electrons. The van der Waals surface area contributed by atoms with E-state index in [-0.39, 0.29) is 44.7 Å². The third kappa shape index (κ3) is 6.56. The van der Waals surface area contributed by atoms with Gasteiger partial charge in [0.1, 0.15) is 11.2 Å². The van der Waals surface area contributed by atoms with Crippen LogP contribution in [0.5, 0.6) is 0 Å². The molecule has 5 heteroatoms. The largest absolute Gasteiger partial charge is 0.456 e. The average molecular weight is 1000 g/mol. The first-order valence-electron chi connectivity index (χ1n) is 29.0. The third-order valence-corrected chi connectivity index (χ3v) is 21.1. The molecule has 0 spiro atoms. The van der Waals surface area contributed by atoms with E-state index in [1.54, 1.807) is 0 Å². The van der Waals surface area contributed by atoms with Crippen LogP contribution < -0.4 is 31.1 Å². The van der Waals surface area contributed by atoms with Gasteiger partial charge in [0.25, 0.3) is 6.71 Å². The predicted molar refractivity (Wildman–Crippen MR) is 325 cm³/mol. The van der Waals surface area contributed by atoms with E-state index in [0.717, 1.165) is 34.0 Å². The molecule has 1 aromatic heterocycles. The average Bonchev–Trinajstić information content (AvgIpc) is 4.04. The lowest BCUT2D eigenvalue weighted by Gasteiger charge is -2.51. The van der Waals surface area contributed by atoms with Crippen molar-refractivity contribution in [1.82, 2.24) is 0 Å². The van der Waals surface area contributed by atoms with E-state index < -0.39 is 0 Å². The van der Waals surface area contributed by atoms with Crippen molar-refractivity contribution >= 4 is 90.5 Å². The lowest BCUT2D eigenvalue weighted by atomic mass is 9.33. The zero-order valence-corrected chi connectivity index (χ0v) is 48.0. The summed E-state index contributed by atoms with van der Waals surface area (Å²) in [7, 11) is 0. The second-order valence-electron chi connectivity index (χ2n) is 28.7. The summed E-state index contributed by atoms with van der Waals surface area (Å²) in [6.45, 7) is 34.4. The van der Waals surface area contributed by atoms with Crippen LogP contribution in [0.2, 0.25) is 0 Å². The zero-order chi connectivity index (χ0) is 53.0. The Labute approximate surface area is 454 Å². The van der Waals surface area contributed by atoms with Crippen molar-refractivity contribution in [3.8, 4) is 0 Å². The van der Waals surface area contributed by atoms with Crippen molar-refractivity contribution in [3.63, 3.8) is 0 Å². The van der Waals surface area contributed by atoms with Gasteiger partial charge in [0.15, 0.2) is 0 Å². The molecule has 2 unspecified atom stereocenters. The van der Waals surface area contributed by atoms with Crippen molar-refractivity contribution in [2.75, 3.05) is 14.7 Å². The molecule has 4 nitrogen and oxygen atoms in total. The smallest absolute Gasteiger partial charge is 0.252 e. The summed E-state index contributed by atoms with van der Waals surface area (Å²) in [6.07, 6.45) is 9.55. The Balaban J connectivity index is 1.06. The Kier molecular flexibility index (Phi) is 9.84. The molecule has 3 aliphatic carbocycles. The predicted octanol–water partition coefficient (Wildman–Crippen LogP) is 17.7. The van der Waals surface area contributed by atoms with Crippen LogP contribution in [0.4, 0.5) is 45.5 Å². The van der Waals surface area contributed by atoms with Crippen molar-refractivity contribution in [2.24, 2.45) is 0 Å². The van der Waals surface area contributed by atoms with Gasteiger partial charge in [-0.25, -0.2) is 0 Å². The van der Waals surface area contributed by atoms with Crippen LogP contribution in [0.3, 0.4) is 0 Å². The molecule has 8 aromatic rings. The number of rotatable bonds is 3. The molecular weight excluding hydrogens is 922 g/mol. The molecule has 3 aliphatic heterocycles. The number of nitrogens with zero attached hydrogens (tertiary/aromatic N) is 3. The summed E-state index contributed by atoms with van der Waals surface area (Å²) >= 11 is 0. The van der Waals surface area contributed by atoms with Crippen LogP contribution in [0.1, 0.15) is 180 Å². The number of hydrogen-bond acceptors (Lipinski definition) is 4. The van der Waals surface area contributed by atoms with E-state index in [2.05, 4.69) is 233 Å². The second kappa shape index (κ2) is 15.5. The fraction of sp³-hybridized carbons (Fsp3) is 0.408. The number of para-hydroxylation sites is 1. The maximum atomic E-state index is 6.77. The minimum Gasteiger partial charge on any atom is -0.456 e. The van der Waals surface area contributed by atoms with Gasteiger partial charge in [-0.1, -0.05) is 144 Å². The standard InChI is InChI=1S/C71H78BN3O/c1-43-35-60-64-61(36-43)74(46-22-25-49-48-19-15-16-20-62(48)76-63(49)40-46)58-39-47(75-57-28-21-44(65(2,3)4)37-54(57)70(13)29-17-18-30-71(70,75)14)24-27-55(58)72(64)56-41-52-53(69(11,12)34-33-68(52,9)10)42-59(56)73(60)45-23-26-50-51(38-45)67(7,8)32-31-66(50,5)6/h15-16,19-28,35-42H,17-18,29-34H2,1-14H3. The van der Waals surface area contributed by atoms with Crippen LogP contribution >= 0.6 is 0 Å². The SMILES string of the molecule is Cc1cc2c3c(c1)N(c1ccc4c(c1)C(C)(C)CCC4(C)C)c1cc4c(cc1B3c1ccc(N3c5ccc(C(C)(C)C)cc5C5(C)CCCCC35C)cc1N2c1ccc2c(c1)oc1ccccc12)C(C)(C)CCC4(C)C. The molecule has 0 saturated heterocycles. The molecule has 0 N–H and O–H groups in total. The number of benzene rings is 7. The molecular formula is C71H78BN3O. The highest BCUT2D eigenvalue weighted by Gasteiger charge is 2.58. The highest BCUT2D eigenvalue weighted by atomic mass is 16.3. The maximum Gasteiger partial charge on any atom is 0.252 e. The highest BCUT2D eigenvalue weighted by Crippen LogP contribution is 2.62. The summed E-state index contributed by atoms with van der Waals surface area (Å²) in [5.74, 6) is 0. The highest BCUT2D eigenvalue weighted by molar-refractivity contribution is 7.00. The summed E-state index contributed by atoms with van der Waals surface area (Å²) in [5.41, 5.74) is 26.5. The van der Waals surface area contributed by atoms with Crippen molar-refractivity contribution < 1.29 is 4.42 Å². The quantitative estimate of drug-likeness (QED) is 0.165. The minimum atomic E-state index is -0.0965. The first-order chi connectivity index (χ1) is 35.9. The first kappa shape index (κ1) is 48.2. The van der Waals surface area contributed by atoms with Gasteiger partial charge in [-0.15, -0.1) is 0 Å². The summed E-state index contributed by atoms with van der Waals surface area (Å²) < 4.78 is 6.77. The molecule has 0 bridgehead atoms. The fourth-order valence-corrected chi connectivity index (χ4v) is 16.0. The van der Waals surface area contributed by atoms with E-state index in [1.807, 2.05) is 0 Å². The van der Waals surface area contributed by atoms with Gasteiger partial charge in [0, 0.05) is 67.8 Å². The Morgan fingerprint density at radius 3 is 1.72 bits per heavy atom. The number of hydrogen-bond donors (Lipinski definition) is 0. The van der Waals surface area contributed by atoms with Crippen molar-refractivity contribution in [2.45, 2.75) is 186 Å². The Bertz CT molecular complexity index is 3800. The third-order valence-electron chi connectivity index (χ3n) is 21.1. The van der Waals surface area contributed by atoms with Crippen LogP contribution in [0.15, 0.2) is 126 Å². The van der Waals surface area contributed by atoms with E-state index >= 15 is 0 Å². The Hall–Kier alpha value is -6.20. The summed E-state index contributed by atoms with van der Waals surface area (Å²) in [6, 6.07) is 48.6. The molecule has 14 rings (SSSR count). The molecule has 2 atom stereocenters. The monoisotopic (exact) mass is 1000 g/mol. The van der Waals surface area contributed by atoms with Gasteiger partial charge in [0.05, 0.1) is 5.54 Å². The van der Waals surface area contributed by atoms with E-state index in [1.165, 1.54) is 140 Å². The molecule has 7 aromatic carbocycles. The van der Waals surface area contributed by atoms with Crippen LogP contribution in [-0.4, -0.2) is 12.3 Å². The first-order valence-corrected chi connectivity index (χ1v) is 29.0. The summed E-state index contributed by atoms with van der Waals surface area (Å²) in [5, 5.41) is 2.30. The number of furan rings is 1. The van der Waals surface area contributed by atoms with Crippen LogP contribution in [0, 0.1) is 6.92 Å². The van der Waals surface area contributed by atoms with Gasteiger partial charge in [-0.2, -0.15) is 0 Å². The minimum absolute atomic E-state index is 0.00182. The zero-order valence-electron chi connectivity index (χ0n) is 48.0. The molecule has 0 radical (unpaired) electrons.